The van der Waals surface area contributed by atoms with Crippen molar-refractivity contribution in [3.8, 4) is 5.75 Å². The van der Waals surface area contributed by atoms with Crippen molar-refractivity contribution in [1.29, 1.82) is 0 Å². The number of rotatable bonds is 10. The van der Waals surface area contributed by atoms with Crippen LogP contribution in [0.5, 0.6) is 5.75 Å². The zero-order valence-electron chi connectivity index (χ0n) is 22.4. The molecule has 3 heterocycles. The van der Waals surface area contributed by atoms with E-state index in [0.29, 0.717) is 34.9 Å². The predicted octanol–water partition coefficient (Wildman–Crippen LogP) is 3.90. The van der Waals surface area contributed by atoms with Crippen LogP contribution in [0.3, 0.4) is 0 Å². The van der Waals surface area contributed by atoms with E-state index >= 15 is 0 Å². The van der Waals surface area contributed by atoms with E-state index in [1.807, 2.05) is 48.5 Å². The van der Waals surface area contributed by atoms with Gasteiger partial charge < -0.3 is 24.4 Å². The van der Waals surface area contributed by atoms with Crippen LogP contribution in [0.2, 0.25) is 0 Å². The first-order chi connectivity index (χ1) is 18.9. The van der Waals surface area contributed by atoms with Crippen LogP contribution in [-0.4, -0.2) is 67.4 Å². The first kappa shape index (κ1) is 26.9. The quantitative estimate of drug-likeness (QED) is 0.236. The van der Waals surface area contributed by atoms with Gasteiger partial charge in [0.15, 0.2) is 6.10 Å². The summed E-state index contributed by atoms with van der Waals surface area (Å²) < 4.78 is 12.3. The molecule has 2 N–H and O–H groups in total. The fraction of sp³-hybridized carbons (Fsp3) is 0.375. The van der Waals surface area contributed by atoms with Crippen molar-refractivity contribution < 1.29 is 28.7 Å². The Morgan fingerprint density at radius 1 is 0.949 bits per heavy atom. The first-order valence-corrected chi connectivity index (χ1v) is 13.8. The van der Waals surface area contributed by atoms with E-state index in [-0.39, 0.29) is 12.0 Å². The Morgan fingerprint density at radius 3 is 2.21 bits per heavy atom. The van der Waals surface area contributed by atoms with E-state index in [1.165, 1.54) is 0 Å². The summed E-state index contributed by atoms with van der Waals surface area (Å²) in [7, 11) is 1.58. The number of aliphatic hydroxyl groups is 1. The maximum absolute atomic E-state index is 13.7. The minimum absolute atomic E-state index is 0.112. The highest BCUT2D eigenvalue weighted by atomic mass is 16.6. The molecule has 3 saturated heterocycles. The highest BCUT2D eigenvalue weighted by molar-refractivity contribution is 5.94. The number of hydrogen-bond acceptors (Lipinski definition) is 5. The maximum atomic E-state index is 13.7. The van der Waals surface area contributed by atoms with Gasteiger partial charge in [-0.05, 0) is 29.3 Å². The number of hydrogen-bond donors (Lipinski definition) is 2. The van der Waals surface area contributed by atoms with Crippen molar-refractivity contribution in [2.75, 3.05) is 39.8 Å². The fourth-order valence-electron chi connectivity index (χ4n) is 6.14. The lowest BCUT2D eigenvalue weighted by Gasteiger charge is -2.52. The van der Waals surface area contributed by atoms with Crippen LogP contribution in [0.25, 0.3) is 0 Å². The molecule has 0 unspecified atom stereocenters. The summed E-state index contributed by atoms with van der Waals surface area (Å²) in [5, 5.41) is 14.8. The van der Waals surface area contributed by atoms with Crippen LogP contribution in [-0.2, 0) is 15.1 Å². The molecule has 1 amide bonds. The van der Waals surface area contributed by atoms with E-state index < -0.39 is 11.6 Å². The van der Waals surface area contributed by atoms with Crippen molar-refractivity contribution >= 4 is 11.9 Å². The Bertz CT molecular complexity index is 1230. The fourth-order valence-corrected chi connectivity index (χ4v) is 6.14. The third kappa shape index (κ3) is 5.70. The van der Waals surface area contributed by atoms with Gasteiger partial charge in [-0.1, -0.05) is 66.7 Å². The normalized spacial score (nSPS) is 22.2. The number of methoxy groups -OCH3 is 1. The predicted molar refractivity (Wildman–Crippen MR) is 148 cm³/mol. The van der Waals surface area contributed by atoms with Gasteiger partial charge in [0.25, 0.3) is 5.91 Å². The second-order valence-electron chi connectivity index (χ2n) is 10.8. The van der Waals surface area contributed by atoms with Crippen LogP contribution >= 0.6 is 0 Å². The Kier molecular flexibility index (Phi) is 8.00. The summed E-state index contributed by atoms with van der Waals surface area (Å²) in [4.78, 5) is 26.3. The van der Waals surface area contributed by atoms with Crippen molar-refractivity contribution in [2.24, 2.45) is 5.92 Å². The van der Waals surface area contributed by atoms with E-state index in [9.17, 15) is 14.7 Å². The molecule has 0 spiro atoms. The molecule has 1 atom stereocenters. The minimum atomic E-state index is -1.87. The zero-order chi connectivity index (χ0) is 27.3. The number of nitrogens with one attached hydrogen (secondary N) is 1. The van der Waals surface area contributed by atoms with Gasteiger partial charge in [-0.25, -0.2) is 4.79 Å². The summed E-state index contributed by atoms with van der Waals surface area (Å²) in [6, 6.07) is 25.2. The lowest BCUT2D eigenvalue weighted by atomic mass is 9.82. The number of esters is 1. The highest BCUT2D eigenvalue weighted by Crippen LogP contribution is 2.38. The maximum Gasteiger partial charge on any atom is 0.348 e. The SMILES string of the molecule is COc1cccc(C(=O)NCCC[N+]23CCC(CC2)[C@@H](OC(=O)C(O)(c2ccccc2)c2ccccc2)C3)c1. The number of carbonyl (C=O) groups is 2. The summed E-state index contributed by atoms with van der Waals surface area (Å²) in [6.45, 7) is 4.31. The van der Waals surface area contributed by atoms with Gasteiger partial charge in [0.05, 0.1) is 26.7 Å². The number of carbonyl (C=O) groups excluding carboxylic acids is 2. The van der Waals surface area contributed by atoms with Gasteiger partial charge in [-0.2, -0.15) is 0 Å². The lowest BCUT2D eigenvalue weighted by molar-refractivity contribution is -0.946. The topological polar surface area (TPSA) is 84.9 Å². The molecule has 0 aromatic heterocycles. The standard InChI is InChI=1S/C32H36N2O5/c1-38-28-15-8-10-25(22-28)30(35)33-18-9-19-34-20-16-24(17-21-34)29(23-34)39-31(36)32(37,26-11-4-2-5-12-26)27-13-6-3-7-14-27/h2-8,10-15,22,24,29,37H,9,16-21,23H2,1H3/p+1/t24?,29-,34?/m0/s1. The summed E-state index contributed by atoms with van der Waals surface area (Å²) in [6.07, 6.45) is 2.57. The molecule has 39 heavy (non-hydrogen) atoms. The second-order valence-corrected chi connectivity index (χ2v) is 10.8. The van der Waals surface area contributed by atoms with Crippen LogP contribution < -0.4 is 10.1 Å². The molecule has 204 valence electrons. The zero-order valence-corrected chi connectivity index (χ0v) is 22.4. The Morgan fingerprint density at radius 2 is 1.59 bits per heavy atom. The first-order valence-electron chi connectivity index (χ1n) is 13.8. The van der Waals surface area contributed by atoms with Gasteiger partial charge in [0, 0.05) is 37.3 Å². The molecule has 3 aromatic rings. The molecule has 2 bridgehead atoms. The third-order valence-electron chi connectivity index (χ3n) is 8.41. The van der Waals surface area contributed by atoms with E-state index in [1.54, 1.807) is 43.5 Å². The van der Waals surface area contributed by atoms with Gasteiger partial charge >= 0.3 is 5.97 Å². The molecule has 0 radical (unpaired) electrons. The van der Waals surface area contributed by atoms with E-state index in [0.717, 1.165) is 49.9 Å². The van der Waals surface area contributed by atoms with E-state index in [4.69, 9.17) is 9.47 Å². The Hall–Kier alpha value is -3.68. The third-order valence-corrected chi connectivity index (χ3v) is 8.41. The minimum Gasteiger partial charge on any atom is -0.497 e. The van der Waals surface area contributed by atoms with Crippen LogP contribution in [0, 0.1) is 5.92 Å². The lowest BCUT2D eigenvalue weighted by Crippen LogP contribution is -2.65. The average Bonchev–Trinajstić information content (AvgIpc) is 3.00. The molecular formula is C32H37N2O5+. The smallest absolute Gasteiger partial charge is 0.348 e. The highest BCUT2D eigenvalue weighted by Gasteiger charge is 2.50. The van der Waals surface area contributed by atoms with Crippen LogP contribution in [0.4, 0.5) is 0 Å². The largest absolute Gasteiger partial charge is 0.497 e. The molecule has 3 aromatic carbocycles. The molecule has 6 rings (SSSR count). The summed E-state index contributed by atoms with van der Waals surface area (Å²) >= 11 is 0. The van der Waals surface area contributed by atoms with Crippen molar-refractivity contribution in [1.82, 2.24) is 5.32 Å². The molecule has 0 saturated carbocycles. The number of nitrogens with zero attached hydrogens (tertiary/aromatic N) is 1. The van der Waals surface area contributed by atoms with E-state index in [2.05, 4.69) is 5.32 Å². The molecule has 0 aliphatic carbocycles. The monoisotopic (exact) mass is 529 g/mol. The summed E-state index contributed by atoms with van der Waals surface area (Å²) in [5.41, 5.74) is -0.295. The van der Waals surface area contributed by atoms with Gasteiger partial charge in [0.2, 0.25) is 5.60 Å². The molecule has 3 fully saturated rings. The van der Waals surface area contributed by atoms with Crippen molar-refractivity contribution in [2.45, 2.75) is 31.0 Å². The number of ether oxygens (including phenoxy) is 2. The van der Waals surface area contributed by atoms with Gasteiger partial charge in [-0.15, -0.1) is 0 Å². The number of fused-ring (bicyclic) bond motifs is 3. The second kappa shape index (κ2) is 11.6. The van der Waals surface area contributed by atoms with Crippen LogP contribution in [0.15, 0.2) is 84.9 Å². The van der Waals surface area contributed by atoms with Crippen molar-refractivity contribution in [3.05, 3.63) is 102 Å². The Balaban J connectivity index is 1.22. The molecule has 7 heteroatoms. The van der Waals surface area contributed by atoms with Gasteiger partial charge in [0.1, 0.15) is 12.3 Å². The van der Waals surface area contributed by atoms with Crippen LogP contribution in [0.1, 0.15) is 40.7 Å². The summed E-state index contributed by atoms with van der Waals surface area (Å²) in [5.74, 6) is 0.225. The molecular weight excluding hydrogens is 492 g/mol. The number of benzene rings is 3. The number of quaternary nitrogens is 1. The van der Waals surface area contributed by atoms with Gasteiger partial charge in [-0.3, -0.25) is 4.79 Å². The van der Waals surface area contributed by atoms with Crippen molar-refractivity contribution in [3.63, 3.8) is 0 Å². The number of amides is 1. The molecule has 3 aliphatic rings. The number of piperidine rings is 3. The Labute approximate surface area is 230 Å². The molecule has 7 nitrogen and oxygen atoms in total. The molecule has 3 aliphatic heterocycles. The average molecular weight is 530 g/mol.